The van der Waals surface area contributed by atoms with Crippen molar-refractivity contribution in [3.63, 3.8) is 0 Å². The maximum Gasteiger partial charge on any atom is 0.406 e. The lowest BCUT2D eigenvalue weighted by Gasteiger charge is -2.11. The molecule has 1 amide bonds. The molecule has 0 spiro atoms. The lowest BCUT2D eigenvalue weighted by atomic mass is 10.2. The van der Waals surface area contributed by atoms with Crippen molar-refractivity contribution in [1.82, 2.24) is 10.3 Å². The molecule has 1 aromatic heterocycles. The molecule has 1 N–H and O–H groups in total. The highest BCUT2D eigenvalue weighted by molar-refractivity contribution is 7.91. The number of carbonyl (C=O) groups excluding carboxylic acids is 1. The van der Waals surface area contributed by atoms with Gasteiger partial charge in [-0.05, 0) is 28.5 Å². The lowest BCUT2D eigenvalue weighted by Crippen LogP contribution is -2.38. The Bertz CT molecular complexity index is 660. The summed E-state index contributed by atoms with van der Waals surface area (Å²) in [6.45, 7) is -0.441. The van der Waals surface area contributed by atoms with E-state index < -0.39 is 39.1 Å². The average molecular weight is 315 g/mol. The fourth-order valence-corrected chi connectivity index (χ4v) is 3.63. The highest BCUT2D eigenvalue weighted by Crippen LogP contribution is 2.22. The van der Waals surface area contributed by atoms with Gasteiger partial charge in [-0.1, -0.05) is 0 Å². The van der Waals surface area contributed by atoms with Gasteiger partial charge in [0.1, 0.15) is 6.20 Å². The largest absolute Gasteiger partial charge is 0.476 e. The molecule has 2 heterocycles. The number of nitrogens with one attached hydrogen (secondary N) is 1. The molecule has 0 aliphatic carbocycles. The molecule has 9 nitrogen and oxygen atoms in total. The van der Waals surface area contributed by atoms with Crippen LogP contribution in [0.1, 0.15) is 6.42 Å². The predicted molar refractivity (Wildman–Crippen MR) is 71.6 cm³/mol. The summed E-state index contributed by atoms with van der Waals surface area (Å²) in [5.74, 6) is -1.17. The second-order valence-electron chi connectivity index (χ2n) is 4.54. The van der Waals surface area contributed by atoms with Crippen LogP contribution in [0.3, 0.4) is 0 Å². The molecule has 10 heteroatoms. The number of nitro groups is 1. The van der Waals surface area contributed by atoms with Gasteiger partial charge in [0.15, 0.2) is 16.4 Å². The van der Waals surface area contributed by atoms with Gasteiger partial charge in [-0.2, -0.15) is 0 Å². The van der Waals surface area contributed by atoms with Crippen LogP contribution in [-0.4, -0.2) is 48.4 Å². The topological polar surface area (TPSA) is 128 Å². The van der Waals surface area contributed by atoms with Crippen molar-refractivity contribution in [3.8, 4) is 5.75 Å². The van der Waals surface area contributed by atoms with Gasteiger partial charge >= 0.3 is 5.82 Å². The standard InChI is InChI=1S/C11H13N3O6S/c15-10(13-8-3-5-21(18,19)7-8)6-20-9-2-1-4-12-11(9)14(16)17/h1-2,4,8H,3,5-7H2,(H,13,15)/t8-/m0/s1. The Balaban J connectivity index is 1.89. The van der Waals surface area contributed by atoms with Crippen LogP contribution in [0.4, 0.5) is 5.82 Å². The van der Waals surface area contributed by atoms with Gasteiger partial charge in [0.05, 0.1) is 11.5 Å². The quantitative estimate of drug-likeness (QED) is 0.582. The number of carbonyl (C=O) groups is 1. The summed E-state index contributed by atoms with van der Waals surface area (Å²) in [5.41, 5.74) is 0. The first-order chi connectivity index (χ1) is 9.87. The number of ether oxygens (including phenoxy) is 1. The van der Waals surface area contributed by atoms with Crippen molar-refractivity contribution < 1.29 is 22.9 Å². The Morgan fingerprint density at radius 3 is 2.95 bits per heavy atom. The zero-order chi connectivity index (χ0) is 15.5. The van der Waals surface area contributed by atoms with E-state index in [-0.39, 0.29) is 17.3 Å². The van der Waals surface area contributed by atoms with Gasteiger partial charge in [-0.15, -0.1) is 0 Å². The second-order valence-corrected chi connectivity index (χ2v) is 6.77. The Hall–Kier alpha value is -2.23. The number of hydrogen-bond acceptors (Lipinski definition) is 7. The van der Waals surface area contributed by atoms with Gasteiger partial charge in [0.2, 0.25) is 5.75 Å². The summed E-state index contributed by atoms with van der Waals surface area (Å²) in [4.78, 5) is 25.2. The minimum Gasteiger partial charge on any atom is -0.476 e. The first-order valence-electron chi connectivity index (χ1n) is 6.09. The Morgan fingerprint density at radius 1 is 1.57 bits per heavy atom. The fourth-order valence-electron chi connectivity index (χ4n) is 1.95. The number of pyridine rings is 1. The van der Waals surface area contributed by atoms with E-state index in [1.54, 1.807) is 0 Å². The van der Waals surface area contributed by atoms with Gasteiger partial charge in [-0.25, -0.2) is 8.42 Å². The molecule has 0 radical (unpaired) electrons. The van der Waals surface area contributed by atoms with Crippen LogP contribution in [0.15, 0.2) is 18.3 Å². The summed E-state index contributed by atoms with van der Waals surface area (Å²) in [6.07, 6.45) is 1.61. The molecule has 1 saturated heterocycles. The van der Waals surface area contributed by atoms with Gasteiger partial charge in [-0.3, -0.25) is 4.79 Å². The fraction of sp³-hybridized carbons (Fsp3) is 0.455. The number of nitrogens with zero attached hydrogens (tertiary/aromatic N) is 2. The van der Waals surface area contributed by atoms with Gasteiger partial charge < -0.3 is 20.2 Å². The van der Waals surface area contributed by atoms with E-state index in [0.29, 0.717) is 6.42 Å². The third-order valence-electron chi connectivity index (χ3n) is 2.88. The zero-order valence-corrected chi connectivity index (χ0v) is 11.7. The third kappa shape index (κ3) is 4.12. The maximum absolute atomic E-state index is 11.6. The number of hydrogen-bond donors (Lipinski definition) is 1. The highest BCUT2D eigenvalue weighted by Gasteiger charge is 2.29. The molecule has 0 aromatic carbocycles. The van der Waals surface area contributed by atoms with Crippen LogP contribution in [0.2, 0.25) is 0 Å². The Morgan fingerprint density at radius 2 is 2.33 bits per heavy atom. The first-order valence-corrected chi connectivity index (χ1v) is 7.91. The summed E-state index contributed by atoms with van der Waals surface area (Å²) in [6, 6.07) is 2.34. The van der Waals surface area contributed by atoms with E-state index in [9.17, 15) is 23.3 Å². The predicted octanol–water partition coefficient (Wildman–Crippen LogP) is -0.328. The average Bonchev–Trinajstić information content (AvgIpc) is 2.75. The van der Waals surface area contributed by atoms with Crippen LogP contribution in [0.25, 0.3) is 0 Å². The number of rotatable bonds is 5. The maximum atomic E-state index is 11.6. The van der Waals surface area contributed by atoms with Crippen molar-refractivity contribution >= 4 is 21.6 Å². The zero-order valence-electron chi connectivity index (χ0n) is 10.9. The smallest absolute Gasteiger partial charge is 0.406 e. The monoisotopic (exact) mass is 315 g/mol. The molecule has 21 heavy (non-hydrogen) atoms. The van der Waals surface area contributed by atoms with E-state index in [0.717, 1.165) is 0 Å². The number of amides is 1. The Kier molecular flexibility index (Phi) is 4.36. The Labute approximate surface area is 120 Å². The summed E-state index contributed by atoms with van der Waals surface area (Å²) >= 11 is 0. The lowest BCUT2D eigenvalue weighted by molar-refractivity contribution is -0.390. The molecule has 1 aliphatic heterocycles. The van der Waals surface area contributed by atoms with Crippen molar-refractivity contribution in [3.05, 3.63) is 28.4 Å². The van der Waals surface area contributed by atoms with Crippen LogP contribution in [-0.2, 0) is 14.6 Å². The van der Waals surface area contributed by atoms with Crippen molar-refractivity contribution in [2.24, 2.45) is 0 Å². The van der Waals surface area contributed by atoms with E-state index in [4.69, 9.17) is 4.74 Å². The molecular formula is C11H13N3O6S. The minimum atomic E-state index is -3.08. The molecule has 2 rings (SSSR count). The SMILES string of the molecule is O=C(COc1cccnc1[N+](=O)[O-])N[C@H]1CCS(=O)(=O)C1. The van der Waals surface area contributed by atoms with E-state index in [1.165, 1.54) is 18.3 Å². The van der Waals surface area contributed by atoms with Gasteiger partial charge in [0, 0.05) is 6.04 Å². The van der Waals surface area contributed by atoms with Crippen molar-refractivity contribution in [1.29, 1.82) is 0 Å². The van der Waals surface area contributed by atoms with E-state index in [2.05, 4.69) is 10.3 Å². The number of sulfone groups is 1. The van der Waals surface area contributed by atoms with E-state index in [1.807, 2.05) is 0 Å². The van der Waals surface area contributed by atoms with Crippen molar-refractivity contribution in [2.45, 2.75) is 12.5 Å². The van der Waals surface area contributed by atoms with Gasteiger partial charge in [0.25, 0.3) is 5.91 Å². The van der Waals surface area contributed by atoms with Crippen LogP contribution in [0, 0.1) is 10.1 Å². The molecule has 114 valence electrons. The second kappa shape index (κ2) is 6.04. The van der Waals surface area contributed by atoms with Crippen LogP contribution >= 0.6 is 0 Å². The molecule has 1 aromatic rings. The number of aromatic nitrogens is 1. The minimum absolute atomic E-state index is 0.0485. The molecule has 0 saturated carbocycles. The molecule has 1 atom stereocenters. The molecule has 0 bridgehead atoms. The molecular weight excluding hydrogens is 302 g/mol. The first kappa shape index (κ1) is 15.2. The van der Waals surface area contributed by atoms with Crippen LogP contribution < -0.4 is 10.1 Å². The molecule has 1 fully saturated rings. The highest BCUT2D eigenvalue weighted by atomic mass is 32.2. The van der Waals surface area contributed by atoms with Crippen LogP contribution in [0.5, 0.6) is 5.75 Å². The van der Waals surface area contributed by atoms with Crippen molar-refractivity contribution in [2.75, 3.05) is 18.1 Å². The molecule has 1 aliphatic rings. The third-order valence-corrected chi connectivity index (χ3v) is 4.65. The van der Waals surface area contributed by atoms with E-state index >= 15 is 0 Å². The summed E-state index contributed by atoms with van der Waals surface area (Å²) < 4.78 is 27.6. The summed E-state index contributed by atoms with van der Waals surface area (Å²) in [5, 5.41) is 13.2. The normalized spacial score (nSPS) is 19.9. The summed E-state index contributed by atoms with van der Waals surface area (Å²) in [7, 11) is -3.08. The molecule has 0 unspecified atom stereocenters.